The first-order chi connectivity index (χ1) is 13.8. The normalized spacial score (nSPS) is 10.6. The summed E-state index contributed by atoms with van der Waals surface area (Å²) >= 11 is 0. The molecule has 0 aliphatic carbocycles. The standard InChI is InChI=1S/C17H16N4O.C2HF3O2/c22-17(19-11-8-13-6-9-18-10-7-13)16-12-15(20-21-16)14-4-2-1-3-5-14;3-2(4,5)1(6)7/h1-7,9-10,12H,8,11H2,(H,19,22)(H,20,21);(H,6,7). The predicted octanol–water partition coefficient (Wildman–Crippen LogP) is 3.08. The number of halogens is 3. The number of rotatable bonds is 5. The molecule has 0 radical (unpaired) electrons. The number of hydrogen-bond donors (Lipinski definition) is 3. The van der Waals surface area contributed by atoms with Crippen molar-refractivity contribution < 1.29 is 27.9 Å². The number of nitrogens with zero attached hydrogens (tertiary/aromatic N) is 2. The Kier molecular flexibility index (Phi) is 7.47. The van der Waals surface area contributed by atoms with Crippen molar-refractivity contribution in [3.63, 3.8) is 0 Å². The van der Waals surface area contributed by atoms with Crippen LogP contribution in [0.25, 0.3) is 11.3 Å². The van der Waals surface area contributed by atoms with E-state index in [1.54, 1.807) is 18.5 Å². The van der Waals surface area contributed by atoms with E-state index in [9.17, 15) is 18.0 Å². The van der Waals surface area contributed by atoms with Crippen molar-refractivity contribution in [3.8, 4) is 11.3 Å². The van der Waals surface area contributed by atoms with Crippen molar-refractivity contribution in [1.82, 2.24) is 20.5 Å². The molecule has 7 nitrogen and oxygen atoms in total. The number of aromatic nitrogens is 3. The second kappa shape index (κ2) is 10.0. The van der Waals surface area contributed by atoms with Crippen LogP contribution in [0.15, 0.2) is 60.9 Å². The smallest absolute Gasteiger partial charge is 0.475 e. The number of alkyl halides is 3. The third-order valence-electron chi connectivity index (χ3n) is 3.58. The van der Waals surface area contributed by atoms with Crippen molar-refractivity contribution in [2.75, 3.05) is 6.54 Å². The zero-order valence-corrected chi connectivity index (χ0v) is 15.0. The van der Waals surface area contributed by atoms with Crippen LogP contribution >= 0.6 is 0 Å². The Hall–Kier alpha value is -3.69. The second-order valence-corrected chi connectivity index (χ2v) is 5.70. The van der Waals surface area contributed by atoms with Gasteiger partial charge in [-0.15, -0.1) is 0 Å². The van der Waals surface area contributed by atoms with Gasteiger partial charge in [0, 0.05) is 24.5 Å². The van der Waals surface area contributed by atoms with E-state index in [0.29, 0.717) is 12.2 Å². The maximum Gasteiger partial charge on any atom is 0.490 e. The molecule has 1 aromatic carbocycles. The molecule has 0 aliphatic rings. The van der Waals surface area contributed by atoms with Gasteiger partial charge in [0.25, 0.3) is 5.91 Å². The highest BCUT2D eigenvalue weighted by Crippen LogP contribution is 2.16. The van der Waals surface area contributed by atoms with Crippen molar-refractivity contribution in [1.29, 1.82) is 0 Å². The van der Waals surface area contributed by atoms with Crippen LogP contribution in [0.1, 0.15) is 16.1 Å². The summed E-state index contributed by atoms with van der Waals surface area (Å²) in [5.74, 6) is -2.91. The van der Waals surface area contributed by atoms with E-state index in [-0.39, 0.29) is 5.91 Å². The van der Waals surface area contributed by atoms with Gasteiger partial charge in [-0.05, 0) is 30.2 Å². The van der Waals surface area contributed by atoms with Crippen LogP contribution in [0.5, 0.6) is 0 Å². The lowest BCUT2D eigenvalue weighted by molar-refractivity contribution is -0.192. The molecule has 3 aromatic rings. The van der Waals surface area contributed by atoms with E-state index >= 15 is 0 Å². The fourth-order valence-electron chi connectivity index (χ4n) is 2.16. The lowest BCUT2D eigenvalue weighted by Gasteiger charge is -2.03. The van der Waals surface area contributed by atoms with Gasteiger partial charge in [0.05, 0.1) is 5.69 Å². The highest BCUT2D eigenvalue weighted by molar-refractivity contribution is 5.93. The van der Waals surface area contributed by atoms with Gasteiger partial charge in [-0.3, -0.25) is 14.9 Å². The minimum absolute atomic E-state index is 0.149. The quantitative estimate of drug-likeness (QED) is 0.604. The van der Waals surface area contributed by atoms with E-state index in [1.165, 1.54) is 0 Å². The summed E-state index contributed by atoms with van der Waals surface area (Å²) in [5, 5.41) is 17.0. The summed E-state index contributed by atoms with van der Waals surface area (Å²) in [4.78, 5) is 24.9. The molecule has 0 bridgehead atoms. The number of carboxylic acid groups (broad SMARTS) is 1. The van der Waals surface area contributed by atoms with E-state index in [4.69, 9.17) is 9.90 Å². The van der Waals surface area contributed by atoms with E-state index < -0.39 is 12.1 Å². The molecule has 2 aromatic heterocycles. The summed E-state index contributed by atoms with van der Waals surface area (Å²) in [6.45, 7) is 0.572. The molecule has 3 rings (SSSR count). The Morgan fingerprint density at radius 1 is 1.07 bits per heavy atom. The molecule has 0 aliphatic heterocycles. The average molecular weight is 406 g/mol. The molecule has 10 heteroatoms. The van der Waals surface area contributed by atoms with Crippen LogP contribution in [-0.2, 0) is 11.2 Å². The molecule has 2 heterocycles. The number of carbonyl (C=O) groups excluding carboxylic acids is 1. The van der Waals surface area contributed by atoms with Gasteiger partial charge in [-0.2, -0.15) is 18.3 Å². The van der Waals surface area contributed by atoms with Crippen LogP contribution < -0.4 is 5.32 Å². The van der Waals surface area contributed by atoms with Gasteiger partial charge in [0.2, 0.25) is 0 Å². The van der Waals surface area contributed by atoms with Crippen LogP contribution in [0.4, 0.5) is 13.2 Å². The molecule has 152 valence electrons. The van der Waals surface area contributed by atoms with Gasteiger partial charge in [0.1, 0.15) is 5.69 Å². The van der Waals surface area contributed by atoms with Gasteiger partial charge < -0.3 is 10.4 Å². The Morgan fingerprint density at radius 3 is 2.28 bits per heavy atom. The summed E-state index contributed by atoms with van der Waals surface area (Å²) in [5.41, 5.74) is 3.35. The first-order valence-electron chi connectivity index (χ1n) is 8.35. The Labute approximate surface area is 163 Å². The third kappa shape index (κ3) is 7.09. The zero-order valence-electron chi connectivity index (χ0n) is 15.0. The lowest BCUT2D eigenvalue weighted by Crippen LogP contribution is -2.26. The minimum Gasteiger partial charge on any atom is -0.475 e. The van der Waals surface area contributed by atoms with Gasteiger partial charge in [0.15, 0.2) is 0 Å². The molecular formula is C19H17F3N4O3. The maximum absolute atomic E-state index is 12.1. The largest absolute Gasteiger partial charge is 0.490 e. The molecule has 3 N–H and O–H groups in total. The van der Waals surface area contributed by atoms with Gasteiger partial charge in [-0.25, -0.2) is 4.79 Å². The number of nitrogens with one attached hydrogen (secondary N) is 2. The molecule has 29 heavy (non-hydrogen) atoms. The number of carboxylic acids is 1. The molecular weight excluding hydrogens is 389 g/mol. The van der Waals surface area contributed by atoms with Gasteiger partial charge >= 0.3 is 12.1 Å². The van der Waals surface area contributed by atoms with Crippen LogP contribution in [0.2, 0.25) is 0 Å². The van der Waals surface area contributed by atoms with Crippen molar-refractivity contribution >= 4 is 11.9 Å². The monoisotopic (exact) mass is 406 g/mol. The number of hydrogen-bond acceptors (Lipinski definition) is 4. The van der Waals surface area contributed by atoms with E-state index in [0.717, 1.165) is 23.2 Å². The molecule has 1 amide bonds. The number of carbonyl (C=O) groups is 2. The Bertz CT molecular complexity index is 929. The maximum atomic E-state index is 12.1. The summed E-state index contributed by atoms with van der Waals surface area (Å²) in [7, 11) is 0. The van der Waals surface area contributed by atoms with Crippen molar-refractivity contribution in [3.05, 3.63) is 72.2 Å². The molecule has 0 spiro atoms. The van der Waals surface area contributed by atoms with Crippen LogP contribution in [0.3, 0.4) is 0 Å². The summed E-state index contributed by atoms with van der Waals surface area (Å²) < 4.78 is 31.7. The predicted molar refractivity (Wildman–Crippen MR) is 98.0 cm³/mol. The zero-order chi connectivity index (χ0) is 21.3. The highest BCUT2D eigenvalue weighted by Gasteiger charge is 2.38. The van der Waals surface area contributed by atoms with E-state index in [2.05, 4.69) is 20.5 Å². The highest BCUT2D eigenvalue weighted by atomic mass is 19.4. The first-order valence-corrected chi connectivity index (χ1v) is 8.35. The fraction of sp³-hybridized carbons (Fsp3) is 0.158. The molecule has 0 unspecified atom stereocenters. The molecule has 0 saturated carbocycles. The number of H-pyrrole nitrogens is 1. The van der Waals surface area contributed by atoms with Crippen LogP contribution in [-0.4, -0.2) is 44.9 Å². The SMILES string of the molecule is O=C(NCCc1ccncc1)c1cc(-c2ccccc2)n[nH]1.O=C(O)C(F)(F)F. The summed E-state index contributed by atoms with van der Waals surface area (Å²) in [6, 6.07) is 15.4. The number of aliphatic carboxylic acids is 1. The Balaban J connectivity index is 0.000000370. The molecule has 0 saturated heterocycles. The third-order valence-corrected chi connectivity index (χ3v) is 3.58. The molecule has 0 atom stereocenters. The van der Waals surface area contributed by atoms with Gasteiger partial charge in [-0.1, -0.05) is 30.3 Å². The average Bonchev–Trinajstić information content (AvgIpc) is 3.20. The second-order valence-electron chi connectivity index (χ2n) is 5.70. The molecule has 0 fully saturated rings. The Morgan fingerprint density at radius 2 is 1.69 bits per heavy atom. The number of benzene rings is 1. The van der Waals surface area contributed by atoms with Crippen molar-refractivity contribution in [2.24, 2.45) is 0 Å². The summed E-state index contributed by atoms with van der Waals surface area (Å²) in [6.07, 6.45) is -0.815. The first kappa shape index (κ1) is 21.6. The van der Waals surface area contributed by atoms with Crippen molar-refractivity contribution in [2.45, 2.75) is 12.6 Å². The lowest BCUT2D eigenvalue weighted by atomic mass is 10.1. The van der Waals surface area contributed by atoms with E-state index in [1.807, 2.05) is 42.5 Å². The number of amides is 1. The van der Waals surface area contributed by atoms with Crippen LogP contribution in [0, 0.1) is 0 Å². The topological polar surface area (TPSA) is 108 Å². The minimum atomic E-state index is -5.08. The fourth-order valence-corrected chi connectivity index (χ4v) is 2.16. The number of pyridine rings is 1. The number of aromatic amines is 1.